The van der Waals surface area contributed by atoms with Crippen LogP contribution in [-0.4, -0.2) is 13.4 Å². The van der Waals surface area contributed by atoms with E-state index >= 15 is 0 Å². The fourth-order valence-corrected chi connectivity index (χ4v) is 3.00. The summed E-state index contributed by atoms with van der Waals surface area (Å²) in [5.41, 5.74) is 6.76. The Morgan fingerprint density at radius 3 is 2.47 bits per heavy atom. The fourth-order valence-electron chi connectivity index (χ4n) is 1.40. The van der Waals surface area contributed by atoms with Crippen LogP contribution in [0.1, 0.15) is 11.5 Å². The summed E-state index contributed by atoms with van der Waals surface area (Å²) in [6, 6.07) is 4.38. The van der Waals surface area contributed by atoms with E-state index in [0.29, 0.717) is 15.8 Å². The molecule has 8 heteroatoms. The molecule has 0 aliphatic carbocycles. The van der Waals surface area contributed by atoms with Gasteiger partial charge in [-0.05, 0) is 43.8 Å². The maximum absolute atomic E-state index is 11.3. The highest BCUT2D eigenvalue weighted by Crippen LogP contribution is 2.31. The Balaban J connectivity index is 2.38. The Morgan fingerprint density at radius 2 is 1.95 bits per heavy atom. The minimum atomic E-state index is -3.79. The van der Waals surface area contributed by atoms with Gasteiger partial charge in [-0.15, -0.1) is 0 Å². The highest BCUT2D eigenvalue weighted by Gasteiger charge is 2.13. The van der Waals surface area contributed by atoms with E-state index in [-0.39, 0.29) is 4.90 Å². The molecular weight excluding hydrogens is 286 g/mol. The fraction of sp³-hybridized carbons (Fsp3) is 0.182. The second kappa shape index (κ2) is 4.87. The van der Waals surface area contributed by atoms with Crippen LogP contribution in [0.5, 0.6) is 0 Å². The first kappa shape index (κ1) is 13.9. The Bertz CT molecular complexity index is 703. The van der Waals surface area contributed by atoms with E-state index in [0.717, 1.165) is 11.5 Å². The number of sulfonamides is 1. The quantitative estimate of drug-likeness (QED) is 0.834. The molecule has 0 aliphatic heterocycles. The summed E-state index contributed by atoms with van der Waals surface area (Å²) in [6.45, 7) is 3.64. The summed E-state index contributed by atoms with van der Waals surface area (Å²) in [5.74, 6) is 0.720. The minimum Gasteiger partial charge on any atom is -0.436 e. The van der Waals surface area contributed by atoms with Crippen molar-refractivity contribution in [1.29, 1.82) is 0 Å². The zero-order valence-corrected chi connectivity index (χ0v) is 12.0. The summed E-state index contributed by atoms with van der Waals surface area (Å²) >= 11 is 1.19. The van der Waals surface area contributed by atoms with Crippen molar-refractivity contribution >= 4 is 27.5 Å². The topological polar surface area (TPSA) is 112 Å². The molecule has 0 amide bonds. The molecule has 0 radical (unpaired) electrons. The number of benzene rings is 1. The third-order valence-electron chi connectivity index (χ3n) is 2.44. The van der Waals surface area contributed by atoms with Crippen molar-refractivity contribution < 1.29 is 12.8 Å². The Morgan fingerprint density at radius 1 is 1.26 bits per heavy atom. The molecular formula is C11H13N3O3S2. The first-order chi connectivity index (χ1) is 8.75. The van der Waals surface area contributed by atoms with Crippen LogP contribution in [0.25, 0.3) is 0 Å². The predicted octanol–water partition coefficient (Wildman–Crippen LogP) is 1.67. The Labute approximate surface area is 115 Å². The second-order valence-corrected chi connectivity index (χ2v) is 6.59. The summed E-state index contributed by atoms with van der Waals surface area (Å²) in [4.78, 5) is 4.77. The molecule has 0 aliphatic rings. The van der Waals surface area contributed by atoms with Crippen molar-refractivity contribution in [2.75, 3.05) is 5.73 Å². The average Bonchev–Trinajstić information content (AvgIpc) is 2.55. The van der Waals surface area contributed by atoms with Crippen molar-refractivity contribution in [2.45, 2.75) is 28.9 Å². The van der Waals surface area contributed by atoms with Crippen molar-refractivity contribution in [3.8, 4) is 0 Å². The van der Waals surface area contributed by atoms with Gasteiger partial charge in [0.1, 0.15) is 5.76 Å². The van der Waals surface area contributed by atoms with Crippen molar-refractivity contribution in [2.24, 2.45) is 5.14 Å². The Hall–Kier alpha value is -1.51. The lowest BCUT2D eigenvalue weighted by Crippen LogP contribution is -2.12. The summed E-state index contributed by atoms with van der Waals surface area (Å²) in [6.07, 6.45) is 0. The van der Waals surface area contributed by atoms with Crippen LogP contribution >= 0.6 is 11.8 Å². The zero-order valence-electron chi connectivity index (χ0n) is 10.4. The third kappa shape index (κ3) is 3.28. The Kier molecular flexibility index (Phi) is 3.57. The molecule has 102 valence electrons. The van der Waals surface area contributed by atoms with Crippen LogP contribution in [-0.2, 0) is 10.0 Å². The number of oxazole rings is 1. The first-order valence-electron chi connectivity index (χ1n) is 5.31. The van der Waals surface area contributed by atoms with E-state index in [9.17, 15) is 8.42 Å². The normalized spacial score (nSPS) is 11.7. The maximum Gasteiger partial charge on any atom is 0.260 e. The lowest BCUT2D eigenvalue weighted by molar-refractivity contribution is 0.431. The number of nitrogens with two attached hydrogens (primary N) is 2. The van der Waals surface area contributed by atoms with Crippen LogP contribution in [0.4, 0.5) is 5.69 Å². The molecule has 6 nitrogen and oxygen atoms in total. The van der Waals surface area contributed by atoms with Gasteiger partial charge >= 0.3 is 0 Å². The number of hydrogen-bond acceptors (Lipinski definition) is 6. The number of nitrogen functional groups attached to an aromatic ring is 1. The molecule has 1 aromatic heterocycles. The van der Waals surface area contributed by atoms with Gasteiger partial charge in [0, 0.05) is 10.6 Å². The number of primary sulfonamides is 1. The van der Waals surface area contributed by atoms with Crippen LogP contribution in [0, 0.1) is 13.8 Å². The van der Waals surface area contributed by atoms with Crippen molar-refractivity contribution in [3.05, 3.63) is 29.7 Å². The van der Waals surface area contributed by atoms with Gasteiger partial charge in [-0.25, -0.2) is 18.5 Å². The number of hydrogen-bond donors (Lipinski definition) is 2. The average molecular weight is 299 g/mol. The van der Waals surface area contributed by atoms with Gasteiger partial charge in [0.15, 0.2) is 0 Å². The summed E-state index contributed by atoms with van der Waals surface area (Å²) in [5, 5.41) is 5.52. The van der Waals surface area contributed by atoms with E-state index in [2.05, 4.69) is 4.98 Å². The SMILES string of the molecule is Cc1nc(Sc2cc(N)cc(S(N)(=O)=O)c2)oc1C. The van der Waals surface area contributed by atoms with Crippen molar-refractivity contribution in [3.63, 3.8) is 0 Å². The molecule has 0 unspecified atom stereocenters. The molecule has 0 atom stereocenters. The zero-order chi connectivity index (χ0) is 14.2. The number of aryl methyl sites for hydroxylation is 2. The van der Waals surface area contributed by atoms with E-state index in [1.54, 1.807) is 6.07 Å². The van der Waals surface area contributed by atoms with Gasteiger partial charge < -0.3 is 10.2 Å². The van der Waals surface area contributed by atoms with Gasteiger partial charge in [-0.2, -0.15) is 0 Å². The number of aromatic nitrogens is 1. The number of nitrogens with zero attached hydrogens (tertiary/aromatic N) is 1. The largest absolute Gasteiger partial charge is 0.436 e. The lowest BCUT2D eigenvalue weighted by atomic mass is 10.3. The van der Waals surface area contributed by atoms with Gasteiger partial charge in [0.2, 0.25) is 10.0 Å². The highest BCUT2D eigenvalue weighted by atomic mass is 32.2. The predicted molar refractivity (Wildman–Crippen MR) is 72.3 cm³/mol. The third-order valence-corrected chi connectivity index (χ3v) is 4.16. The molecule has 1 aromatic carbocycles. The molecule has 4 N–H and O–H groups in total. The lowest BCUT2D eigenvalue weighted by Gasteiger charge is -2.03. The minimum absolute atomic E-state index is 0.0324. The van der Waals surface area contributed by atoms with Gasteiger partial charge in [-0.3, -0.25) is 0 Å². The smallest absolute Gasteiger partial charge is 0.260 e. The van der Waals surface area contributed by atoms with Crippen LogP contribution in [0.15, 0.2) is 37.6 Å². The van der Waals surface area contributed by atoms with Crippen LogP contribution in [0.3, 0.4) is 0 Å². The molecule has 0 saturated heterocycles. The summed E-state index contributed by atoms with van der Waals surface area (Å²) < 4.78 is 28.1. The van der Waals surface area contributed by atoms with Crippen LogP contribution < -0.4 is 10.9 Å². The first-order valence-corrected chi connectivity index (χ1v) is 7.67. The number of rotatable bonds is 3. The second-order valence-electron chi connectivity index (χ2n) is 4.01. The van der Waals surface area contributed by atoms with Crippen LogP contribution in [0.2, 0.25) is 0 Å². The monoisotopic (exact) mass is 299 g/mol. The molecule has 0 spiro atoms. The van der Waals surface area contributed by atoms with E-state index in [1.807, 2.05) is 13.8 Å². The van der Waals surface area contributed by atoms with Gasteiger partial charge in [0.05, 0.1) is 10.6 Å². The van der Waals surface area contributed by atoms with E-state index < -0.39 is 10.0 Å². The highest BCUT2D eigenvalue weighted by molar-refractivity contribution is 7.99. The van der Waals surface area contributed by atoms with Gasteiger partial charge in [-0.1, -0.05) is 0 Å². The van der Waals surface area contributed by atoms with E-state index in [4.69, 9.17) is 15.3 Å². The summed E-state index contributed by atoms with van der Waals surface area (Å²) in [7, 11) is -3.79. The van der Waals surface area contributed by atoms with E-state index in [1.165, 1.54) is 23.9 Å². The molecule has 19 heavy (non-hydrogen) atoms. The molecule has 1 heterocycles. The number of anilines is 1. The van der Waals surface area contributed by atoms with Crippen molar-refractivity contribution in [1.82, 2.24) is 4.98 Å². The van der Waals surface area contributed by atoms with Gasteiger partial charge in [0.25, 0.3) is 5.22 Å². The standard InChI is InChI=1S/C11H13N3O3S2/c1-6-7(2)17-11(14-6)18-9-3-8(12)4-10(5-9)19(13,15)16/h3-5H,12H2,1-2H3,(H2,13,15,16). The molecule has 2 rings (SSSR count). The molecule has 0 saturated carbocycles. The molecule has 0 fully saturated rings. The molecule has 0 bridgehead atoms. The maximum atomic E-state index is 11.3. The molecule has 2 aromatic rings.